The number of carbonyl (C=O) groups excluding carboxylic acids is 1. The molecule has 2 aliphatic rings. The van der Waals surface area contributed by atoms with Gasteiger partial charge in [0.25, 0.3) is 0 Å². The van der Waals surface area contributed by atoms with Gasteiger partial charge in [0.15, 0.2) is 0 Å². The number of methoxy groups -OCH3 is 1. The summed E-state index contributed by atoms with van der Waals surface area (Å²) in [6, 6.07) is 36.6. The third-order valence-corrected chi connectivity index (χ3v) is 18.2. The van der Waals surface area contributed by atoms with Gasteiger partial charge < -0.3 is 20.1 Å². The van der Waals surface area contributed by atoms with Crippen molar-refractivity contribution in [2.24, 2.45) is 0 Å². The Hall–Kier alpha value is -5.96. The van der Waals surface area contributed by atoms with E-state index in [0.717, 1.165) is 136 Å². The molecule has 3 N–H and O–H groups in total. The molecular formula is C69H84F2O6. The zero-order chi connectivity index (χ0) is 55.7. The quantitative estimate of drug-likeness (QED) is 0.0658. The van der Waals surface area contributed by atoms with Gasteiger partial charge in [-0.2, -0.15) is 0 Å². The van der Waals surface area contributed by atoms with Crippen molar-refractivity contribution in [1.29, 1.82) is 0 Å². The van der Waals surface area contributed by atoms with Gasteiger partial charge in [-0.15, -0.1) is 0 Å². The van der Waals surface area contributed by atoms with E-state index in [9.17, 15) is 28.6 Å². The zero-order valence-electron chi connectivity index (χ0n) is 47.4. The maximum absolute atomic E-state index is 14.8. The molecule has 8 heteroatoms. The minimum Gasteiger partial charge on any atom is -0.481 e. The molecule has 0 unspecified atom stereocenters. The van der Waals surface area contributed by atoms with Crippen LogP contribution in [0.2, 0.25) is 0 Å². The van der Waals surface area contributed by atoms with Crippen molar-refractivity contribution in [3.8, 4) is 22.3 Å². The normalized spacial score (nSPS) is 15.0. The summed E-state index contributed by atoms with van der Waals surface area (Å²) in [6.45, 7) is 17.5. The van der Waals surface area contributed by atoms with Gasteiger partial charge in [0, 0.05) is 10.8 Å². The average Bonchev–Trinajstić information content (AvgIpc) is 4.07. The van der Waals surface area contributed by atoms with Crippen LogP contribution in [-0.2, 0) is 50.8 Å². The molecule has 0 aromatic heterocycles. The van der Waals surface area contributed by atoms with Crippen molar-refractivity contribution in [3.05, 3.63) is 188 Å². The van der Waals surface area contributed by atoms with Crippen LogP contribution in [0.5, 0.6) is 0 Å². The largest absolute Gasteiger partial charge is 0.481 e. The minimum atomic E-state index is -1.04. The number of carbonyl (C=O) groups is 2. The van der Waals surface area contributed by atoms with Crippen molar-refractivity contribution >= 4 is 11.9 Å². The molecule has 77 heavy (non-hydrogen) atoms. The zero-order valence-corrected chi connectivity index (χ0v) is 47.4. The van der Waals surface area contributed by atoms with E-state index in [1.54, 1.807) is 18.2 Å². The van der Waals surface area contributed by atoms with E-state index in [4.69, 9.17) is 5.11 Å². The number of aliphatic hydroxyl groups is 2. The Kier molecular flexibility index (Phi) is 19.2. The highest BCUT2D eigenvalue weighted by Crippen LogP contribution is 2.44. The molecule has 2 fully saturated rings. The van der Waals surface area contributed by atoms with Gasteiger partial charge in [0.2, 0.25) is 0 Å². The highest BCUT2D eigenvalue weighted by Gasteiger charge is 2.35. The monoisotopic (exact) mass is 1050 g/mol. The second kappa shape index (κ2) is 25.2. The molecule has 6 aromatic carbocycles. The second-order valence-corrected chi connectivity index (χ2v) is 22.7. The van der Waals surface area contributed by atoms with E-state index in [2.05, 4.69) is 133 Å². The highest BCUT2D eigenvalue weighted by atomic mass is 19.1. The molecule has 6 nitrogen and oxygen atoms in total. The van der Waals surface area contributed by atoms with Crippen LogP contribution in [0.4, 0.5) is 8.78 Å². The highest BCUT2D eigenvalue weighted by molar-refractivity contribution is 5.75. The molecule has 0 atom stereocenters. The third kappa shape index (κ3) is 13.3. The lowest BCUT2D eigenvalue weighted by molar-refractivity contribution is -0.140. The Morgan fingerprint density at radius 2 is 0.831 bits per heavy atom. The number of esters is 1. The van der Waals surface area contributed by atoms with Gasteiger partial charge in [-0.25, -0.2) is 8.78 Å². The van der Waals surface area contributed by atoms with Gasteiger partial charge in [0.1, 0.15) is 11.6 Å². The predicted octanol–water partition coefficient (Wildman–Crippen LogP) is 16.2. The second-order valence-electron chi connectivity index (χ2n) is 22.7. The topological polar surface area (TPSA) is 104 Å². The van der Waals surface area contributed by atoms with E-state index in [-0.39, 0.29) is 29.2 Å². The van der Waals surface area contributed by atoms with Gasteiger partial charge in [-0.05, 0) is 206 Å². The summed E-state index contributed by atoms with van der Waals surface area (Å²) in [6.07, 6.45) is 15.2. The van der Waals surface area contributed by atoms with Crippen LogP contribution in [0.1, 0.15) is 184 Å². The third-order valence-electron chi connectivity index (χ3n) is 18.2. The van der Waals surface area contributed by atoms with Crippen LogP contribution in [-0.4, -0.2) is 45.6 Å². The fourth-order valence-corrected chi connectivity index (χ4v) is 13.0. The first-order valence-corrected chi connectivity index (χ1v) is 28.5. The Morgan fingerprint density at radius 3 is 1.14 bits per heavy atom. The summed E-state index contributed by atoms with van der Waals surface area (Å²) >= 11 is 0. The summed E-state index contributed by atoms with van der Waals surface area (Å²) in [5, 5.41) is 30.6. The lowest BCUT2D eigenvalue weighted by atomic mass is 9.69. The van der Waals surface area contributed by atoms with Crippen LogP contribution < -0.4 is 0 Å². The van der Waals surface area contributed by atoms with Crippen LogP contribution in [0, 0.1) is 39.3 Å². The maximum Gasteiger partial charge on any atom is 0.310 e. The number of benzene rings is 6. The van der Waals surface area contributed by atoms with Crippen LogP contribution in [0.15, 0.2) is 109 Å². The van der Waals surface area contributed by atoms with Crippen molar-refractivity contribution < 1.29 is 38.4 Å². The molecule has 0 aliphatic heterocycles. The van der Waals surface area contributed by atoms with Gasteiger partial charge >= 0.3 is 11.9 Å². The number of carboxylic acids is 1. The number of hydrogen-bond donors (Lipinski definition) is 3. The van der Waals surface area contributed by atoms with Gasteiger partial charge in [0.05, 0.1) is 31.2 Å². The number of carboxylic acid groups (broad SMARTS) is 1. The summed E-state index contributed by atoms with van der Waals surface area (Å²) in [5.74, 6) is -2.37. The van der Waals surface area contributed by atoms with Crippen molar-refractivity contribution in [1.82, 2.24) is 0 Å². The van der Waals surface area contributed by atoms with Crippen molar-refractivity contribution in [2.75, 3.05) is 7.11 Å². The number of aryl methyl sites for hydroxylation is 6. The van der Waals surface area contributed by atoms with Crippen LogP contribution >= 0.6 is 0 Å². The molecule has 8 rings (SSSR count). The van der Waals surface area contributed by atoms with E-state index >= 15 is 0 Å². The van der Waals surface area contributed by atoms with Gasteiger partial charge in [-0.3, -0.25) is 9.59 Å². The maximum atomic E-state index is 14.8. The number of halogens is 2. The first kappa shape index (κ1) is 58.7. The molecule has 2 saturated carbocycles. The Morgan fingerprint density at radius 1 is 0.494 bits per heavy atom. The smallest absolute Gasteiger partial charge is 0.310 e. The van der Waals surface area contributed by atoms with Crippen molar-refractivity contribution in [2.45, 2.75) is 193 Å². The standard InChI is InChI=1S/C35H43FO3.C34H41FO3/c1-6-35(7-2,29-13-12-26(24(3)20-29)16-19-34(38)17-8-9-18-34)30-14-15-31(25(4)21-30)27-10-11-28(32(36)22-27)23-33(37)39-5;1-5-34(6-2,28-12-11-25(23(3)19-28)15-18-33(38)16-7-8-17-33)29-13-14-30(24(4)20-29)26-9-10-27(22-32(36)37)31(35)21-26/h10-15,20-22,38H,6-9,16-19,23H2,1-5H3;9-14,19-21,38H,5-8,15-18,22H2,1-4H3,(H,36,37). The lowest BCUT2D eigenvalue weighted by Crippen LogP contribution is -2.27. The molecule has 0 spiro atoms. The minimum absolute atomic E-state index is 0.0743. The van der Waals surface area contributed by atoms with E-state index in [1.165, 1.54) is 63.8 Å². The summed E-state index contributed by atoms with van der Waals surface area (Å²) in [7, 11) is 1.31. The SMILES string of the molecule is CCC(CC)(c1ccc(CCC2(O)CCCC2)c(C)c1)c1ccc(-c2ccc(CC(=O)O)c(F)c2)c(C)c1.CCC(CC)(c1ccc(CCC2(O)CCCC2)c(C)c1)c1ccc(-c2ccc(CC(=O)OC)c(F)c2)c(C)c1. The van der Waals surface area contributed by atoms with Crippen LogP contribution in [0.25, 0.3) is 22.3 Å². The molecule has 0 bridgehead atoms. The van der Waals surface area contributed by atoms with E-state index in [1.807, 2.05) is 6.07 Å². The number of rotatable bonds is 20. The molecule has 0 radical (unpaired) electrons. The fourth-order valence-electron chi connectivity index (χ4n) is 13.0. The first-order valence-electron chi connectivity index (χ1n) is 28.5. The van der Waals surface area contributed by atoms with Gasteiger partial charge in [-0.1, -0.05) is 150 Å². The number of aliphatic carboxylic acids is 1. The Labute approximate surface area is 458 Å². The Balaban J connectivity index is 0.000000224. The molecule has 6 aromatic rings. The number of hydrogen-bond acceptors (Lipinski definition) is 5. The van der Waals surface area contributed by atoms with Crippen molar-refractivity contribution in [3.63, 3.8) is 0 Å². The fraction of sp³-hybridized carbons (Fsp3) is 0.449. The Bertz CT molecular complexity index is 3020. The molecule has 0 amide bonds. The summed E-state index contributed by atoms with van der Waals surface area (Å²) in [5.41, 5.74) is 15.3. The molecule has 0 saturated heterocycles. The average molecular weight is 1050 g/mol. The van der Waals surface area contributed by atoms with Crippen LogP contribution in [0.3, 0.4) is 0 Å². The molecule has 410 valence electrons. The summed E-state index contributed by atoms with van der Waals surface area (Å²) in [4.78, 5) is 22.6. The lowest BCUT2D eigenvalue weighted by Gasteiger charge is -2.34. The first-order chi connectivity index (χ1) is 36.7. The van der Waals surface area contributed by atoms with E-state index in [0.29, 0.717) is 5.56 Å². The number of ether oxygens (including phenoxy) is 1. The molecule has 0 heterocycles. The molecule has 2 aliphatic carbocycles. The summed E-state index contributed by atoms with van der Waals surface area (Å²) < 4.78 is 34.0. The van der Waals surface area contributed by atoms with E-state index < -0.39 is 34.8 Å². The molecular weight excluding hydrogens is 963 g/mol. The predicted molar refractivity (Wildman–Crippen MR) is 309 cm³/mol.